The zero-order valence-corrected chi connectivity index (χ0v) is 10.5. The molecule has 0 aliphatic carbocycles. The van der Waals surface area contributed by atoms with Crippen LogP contribution in [0.4, 0.5) is 4.79 Å². The van der Waals surface area contributed by atoms with E-state index in [4.69, 9.17) is 4.42 Å². The van der Waals surface area contributed by atoms with Crippen molar-refractivity contribution in [2.45, 2.75) is 26.8 Å². The van der Waals surface area contributed by atoms with Gasteiger partial charge in [0.2, 0.25) is 5.89 Å². The molecule has 0 aliphatic rings. The highest BCUT2D eigenvalue weighted by molar-refractivity contribution is 5.80. The first-order valence-electron chi connectivity index (χ1n) is 5.76. The first kappa shape index (κ1) is 14.0. The van der Waals surface area contributed by atoms with Gasteiger partial charge in [-0.1, -0.05) is 6.92 Å². The molecule has 1 heterocycles. The summed E-state index contributed by atoms with van der Waals surface area (Å²) < 4.78 is 9.96. The number of oxazole rings is 1. The Morgan fingerprint density at radius 2 is 2.17 bits per heavy atom. The number of esters is 1. The van der Waals surface area contributed by atoms with Crippen molar-refractivity contribution in [2.75, 3.05) is 13.2 Å². The SMILES string of the molecule is CCOC(=O)CNC(=O)NCc1ncc(CC)o1. The molecule has 100 valence electrons. The topological polar surface area (TPSA) is 93.5 Å². The van der Waals surface area contributed by atoms with E-state index in [1.807, 2.05) is 6.92 Å². The molecule has 0 spiro atoms. The van der Waals surface area contributed by atoms with E-state index in [9.17, 15) is 9.59 Å². The largest absolute Gasteiger partial charge is 0.465 e. The van der Waals surface area contributed by atoms with Gasteiger partial charge in [-0.2, -0.15) is 0 Å². The van der Waals surface area contributed by atoms with Crippen LogP contribution in [0.25, 0.3) is 0 Å². The third-order valence-corrected chi connectivity index (χ3v) is 2.05. The summed E-state index contributed by atoms with van der Waals surface area (Å²) in [6.07, 6.45) is 2.37. The molecule has 2 amide bonds. The second kappa shape index (κ2) is 7.31. The van der Waals surface area contributed by atoms with Crippen LogP contribution < -0.4 is 10.6 Å². The van der Waals surface area contributed by atoms with Gasteiger partial charge in [-0.3, -0.25) is 4.79 Å². The zero-order chi connectivity index (χ0) is 13.4. The molecule has 0 fully saturated rings. The summed E-state index contributed by atoms with van der Waals surface area (Å²) in [5, 5.41) is 4.88. The average molecular weight is 255 g/mol. The van der Waals surface area contributed by atoms with E-state index >= 15 is 0 Å². The van der Waals surface area contributed by atoms with Gasteiger partial charge in [0, 0.05) is 6.42 Å². The van der Waals surface area contributed by atoms with Crippen molar-refractivity contribution in [3.05, 3.63) is 17.8 Å². The van der Waals surface area contributed by atoms with Crippen molar-refractivity contribution in [3.8, 4) is 0 Å². The van der Waals surface area contributed by atoms with E-state index in [0.717, 1.165) is 12.2 Å². The number of carbonyl (C=O) groups is 2. The Morgan fingerprint density at radius 1 is 1.39 bits per heavy atom. The number of aromatic nitrogens is 1. The van der Waals surface area contributed by atoms with Gasteiger partial charge in [0.25, 0.3) is 0 Å². The van der Waals surface area contributed by atoms with Gasteiger partial charge in [0.15, 0.2) is 0 Å². The maximum Gasteiger partial charge on any atom is 0.325 e. The molecule has 18 heavy (non-hydrogen) atoms. The molecule has 0 saturated carbocycles. The van der Waals surface area contributed by atoms with Gasteiger partial charge in [0.1, 0.15) is 12.3 Å². The maximum atomic E-state index is 11.3. The van der Waals surface area contributed by atoms with Gasteiger partial charge in [-0.05, 0) is 6.92 Å². The Bertz CT molecular complexity index is 403. The number of aryl methyl sites for hydroxylation is 1. The lowest BCUT2D eigenvalue weighted by atomic mass is 10.4. The lowest BCUT2D eigenvalue weighted by Gasteiger charge is -2.05. The van der Waals surface area contributed by atoms with Crippen LogP contribution in [0.3, 0.4) is 0 Å². The van der Waals surface area contributed by atoms with E-state index in [2.05, 4.69) is 20.4 Å². The highest BCUT2D eigenvalue weighted by Gasteiger charge is 2.07. The Kier molecular flexibility index (Phi) is 5.69. The van der Waals surface area contributed by atoms with Gasteiger partial charge in [0.05, 0.1) is 19.3 Å². The summed E-state index contributed by atoms with van der Waals surface area (Å²) in [7, 11) is 0. The summed E-state index contributed by atoms with van der Waals surface area (Å²) >= 11 is 0. The normalized spacial score (nSPS) is 9.89. The lowest BCUT2D eigenvalue weighted by Crippen LogP contribution is -2.38. The van der Waals surface area contributed by atoms with Gasteiger partial charge < -0.3 is 19.8 Å². The van der Waals surface area contributed by atoms with Gasteiger partial charge >= 0.3 is 12.0 Å². The quantitative estimate of drug-likeness (QED) is 0.726. The zero-order valence-electron chi connectivity index (χ0n) is 10.5. The minimum absolute atomic E-state index is 0.161. The number of urea groups is 1. The molecule has 0 radical (unpaired) electrons. The number of nitrogens with one attached hydrogen (secondary N) is 2. The second-order valence-corrected chi connectivity index (χ2v) is 3.42. The van der Waals surface area contributed by atoms with Crippen molar-refractivity contribution < 1.29 is 18.7 Å². The van der Waals surface area contributed by atoms with E-state index in [-0.39, 0.29) is 19.7 Å². The molecular weight excluding hydrogens is 238 g/mol. The fourth-order valence-electron chi connectivity index (χ4n) is 1.18. The lowest BCUT2D eigenvalue weighted by molar-refractivity contribution is -0.141. The molecule has 0 atom stereocenters. The molecule has 7 nitrogen and oxygen atoms in total. The van der Waals surface area contributed by atoms with Crippen molar-refractivity contribution >= 4 is 12.0 Å². The van der Waals surface area contributed by atoms with Crippen LogP contribution in [0, 0.1) is 0 Å². The Labute approximate surface area is 105 Å². The third-order valence-electron chi connectivity index (χ3n) is 2.05. The van der Waals surface area contributed by atoms with E-state index < -0.39 is 12.0 Å². The van der Waals surface area contributed by atoms with Crippen LogP contribution in [0.1, 0.15) is 25.5 Å². The summed E-state index contributed by atoms with van der Waals surface area (Å²) in [6, 6.07) is -0.473. The molecule has 2 N–H and O–H groups in total. The first-order chi connectivity index (χ1) is 8.65. The van der Waals surface area contributed by atoms with Crippen LogP contribution >= 0.6 is 0 Å². The molecule has 0 aliphatic heterocycles. The molecule has 1 aromatic heterocycles. The Morgan fingerprint density at radius 3 is 2.78 bits per heavy atom. The molecule has 1 rings (SSSR count). The maximum absolute atomic E-state index is 11.3. The summed E-state index contributed by atoms with van der Waals surface area (Å²) in [5.74, 6) is 0.717. The minimum Gasteiger partial charge on any atom is -0.465 e. The standard InChI is InChI=1S/C11H17N3O4/c1-3-8-5-12-9(18-8)6-13-11(16)14-7-10(15)17-4-2/h5H,3-4,6-7H2,1-2H3,(H2,13,14,16). The fraction of sp³-hybridized carbons (Fsp3) is 0.545. The minimum atomic E-state index is -0.475. The summed E-state index contributed by atoms with van der Waals surface area (Å²) in [5.41, 5.74) is 0. The molecule has 7 heteroatoms. The Balaban J connectivity index is 2.22. The summed E-state index contributed by atoms with van der Waals surface area (Å²) in [6.45, 7) is 3.95. The summed E-state index contributed by atoms with van der Waals surface area (Å²) in [4.78, 5) is 26.3. The van der Waals surface area contributed by atoms with Crippen LogP contribution in [0.5, 0.6) is 0 Å². The van der Waals surface area contributed by atoms with E-state index in [1.54, 1.807) is 13.1 Å². The van der Waals surface area contributed by atoms with Crippen LogP contribution in [-0.4, -0.2) is 30.1 Å². The van der Waals surface area contributed by atoms with Crippen molar-refractivity contribution in [1.82, 2.24) is 15.6 Å². The van der Waals surface area contributed by atoms with Crippen molar-refractivity contribution in [3.63, 3.8) is 0 Å². The molecule has 0 bridgehead atoms. The van der Waals surface area contributed by atoms with E-state index in [1.165, 1.54) is 0 Å². The number of carbonyl (C=O) groups excluding carboxylic acids is 2. The van der Waals surface area contributed by atoms with E-state index in [0.29, 0.717) is 5.89 Å². The van der Waals surface area contributed by atoms with Gasteiger partial charge in [-0.25, -0.2) is 9.78 Å². The monoisotopic (exact) mass is 255 g/mol. The number of ether oxygens (including phenoxy) is 1. The fourth-order valence-corrected chi connectivity index (χ4v) is 1.18. The molecule has 0 aromatic carbocycles. The number of nitrogens with zero attached hydrogens (tertiary/aromatic N) is 1. The van der Waals surface area contributed by atoms with Crippen LogP contribution in [-0.2, 0) is 22.5 Å². The predicted octanol–water partition coefficient (Wildman–Crippen LogP) is 0.599. The third kappa shape index (κ3) is 4.86. The second-order valence-electron chi connectivity index (χ2n) is 3.42. The number of amides is 2. The number of hydrogen-bond donors (Lipinski definition) is 2. The first-order valence-corrected chi connectivity index (χ1v) is 5.76. The Hall–Kier alpha value is -2.05. The molecule has 1 aromatic rings. The molecule has 0 saturated heterocycles. The van der Waals surface area contributed by atoms with Crippen molar-refractivity contribution in [1.29, 1.82) is 0 Å². The predicted molar refractivity (Wildman–Crippen MR) is 62.8 cm³/mol. The van der Waals surface area contributed by atoms with Crippen LogP contribution in [0.15, 0.2) is 10.6 Å². The smallest absolute Gasteiger partial charge is 0.325 e. The van der Waals surface area contributed by atoms with Crippen molar-refractivity contribution in [2.24, 2.45) is 0 Å². The molecular formula is C11H17N3O4. The number of rotatable bonds is 6. The number of hydrogen-bond acceptors (Lipinski definition) is 5. The highest BCUT2D eigenvalue weighted by atomic mass is 16.5. The highest BCUT2D eigenvalue weighted by Crippen LogP contribution is 2.03. The van der Waals surface area contributed by atoms with Crippen LogP contribution in [0.2, 0.25) is 0 Å². The van der Waals surface area contributed by atoms with Gasteiger partial charge in [-0.15, -0.1) is 0 Å². The average Bonchev–Trinajstić information content (AvgIpc) is 2.82. The molecule has 0 unspecified atom stereocenters.